The predicted octanol–water partition coefficient (Wildman–Crippen LogP) is 7.02. The van der Waals surface area contributed by atoms with Gasteiger partial charge < -0.3 is 14.2 Å². The molecule has 2 aromatic rings. The number of aromatic nitrogens is 2. The van der Waals surface area contributed by atoms with Gasteiger partial charge in [-0.2, -0.15) is 0 Å². The molecule has 0 N–H and O–H groups in total. The van der Waals surface area contributed by atoms with Crippen molar-refractivity contribution in [2.45, 2.75) is 71.6 Å². The number of rotatable bonds is 18. The molecule has 0 saturated heterocycles. The summed E-state index contributed by atoms with van der Waals surface area (Å²) >= 11 is 0. The molecule has 0 amide bonds. The summed E-state index contributed by atoms with van der Waals surface area (Å²) < 4.78 is 17.1. The highest BCUT2D eigenvalue weighted by molar-refractivity contribution is 5.56. The van der Waals surface area contributed by atoms with E-state index in [1.165, 1.54) is 38.5 Å². The second-order valence-corrected chi connectivity index (χ2v) is 7.92. The van der Waals surface area contributed by atoms with Gasteiger partial charge in [0.1, 0.15) is 12.4 Å². The van der Waals surface area contributed by atoms with Gasteiger partial charge in [0.25, 0.3) is 0 Å². The number of hydrogen-bond donors (Lipinski definition) is 0. The van der Waals surface area contributed by atoms with Crippen molar-refractivity contribution in [2.75, 3.05) is 26.4 Å². The molecule has 5 heteroatoms. The average molecular weight is 441 g/mol. The first-order chi connectivity index (χ1) is 15.8. The maximum atomic E-state index is 5.75. The summed E-state index contributed by atoms with van der Waals surface area (Å²) in [7, 11) is 0. The van der Waals surface area contributed by atoms with E-state index in [4.69, 9.17) is 14.2 Å². The van der Waals surface area contributed by atoms with E-state index in [1.807, 2.05) is 24.3 Å². The third-order valence-corrected chi connectivity index (χ3v) is 5.07. The highest BCUT2D eigenvalue weighted by Gasteiger charge is 2.03. The second kappa shape index (κ2) is 17.2. The maximum absolute atomic E-state index is 5.75. The largest absolute Gasteiger partial charge is 0.490 e. The van der Waals surface area contributed by atoms with E-state index in [1.54, 1.807) is 12.4 Å². The van der Waals surface area contributed by atoms with Crippen molar-refractivity contribution in [1.29, 1.82) is 0 Å². The minimum Gasteiger partial charge on any atom is -0.490 e. The van der Waals surface area contributed by atoms with Crippen LogP contribution < -0.4 is 9.47 Å². The Labute approximate surface area is 194 Å². The van der Waals surface area contributed by atoms with Gasteiger partial charge in [-0.1, -0.05) is 58.1 Å². The fourth-order valence-electron chi connectivity index (χ4n) is 3.12. The minimum atomic E-state index is 0.594. The normalized spacial score (nSPS) is 11.2. The van der Waals surface area contributed by atoms with Crippen molar-refractivity contribution in [3.05, 3.63) is 48.8 Å². The molecule has 2 rings (SSSR count). The number of allylic oxidation sites excluding steroid dienone is 1. The first kappa shape index (κ1) is 25.9. The summed E-state index contributed by atoms with van der Waals surface area (Å²) in [5, 5.41) is 0. The smallest absolute Gasteiger partial charge is 0.159 e. The summed E-state index contributed by atoms with van der Waals surface area (Å²) in [6.07, 6.45) is 18.3. The zero-order valence-electron chi connectivity index (χ0n) is 19.9. The summed E-state index contributed by atoms with van der Waals surface area (Å²) in [6, 6.07) is 7.87. The lowest BCUT2D eigenvalue weighted by Crippen LogP contribution is -2.02. The number of benzene rings is 1. The van der Waals surface area contributed by atoms with Crippen molar-refractivity contribution < 1.29 is 14.2 Å². The molecule has 0 atom stereocenters. The van der Waals surface area contributed by atoms with Gasteiger partial charge in [0.05, 0.1) is 19.0 Å². The van der Waals surface area contributed by atoms with Gasteiger partial charge in [-0.15, -0.1) is 0 Å². The fraction of sp³-hybridized carbons (Fsp3) is 0.556. The van der Waals surface area contributed by atoms with E-state index in [-0.39, 0.29) is 0 Å². The molecule has 32 heavy (non-hydrogen) atoms. The lowest BCUT2D eigenvalue weighted by atomic mass is 10.2. The van der Waals surface area contributed by atoms with Gasteiger partial charge in [0.2, 0.25) is 0 Å². The summed E-state index contributed by atoms with van der Waals surface area (Å²) in [4.78, 5) is 8.87. The van der Waals surface area contributed by atoms with E-state index < -0.39 is 0 Å². The van der Waals surface area contributed by atoms with Crippen molar-refractivity contribution in [3.8, 4) is 22.9 Å². The van der Waals surface area contributed by atoms with Crippen molar-refractivity contribution in [2.24, 2.45) is 0 Å². The first-order valence-electron chi connectivity index (χ1n) is 12.2. The Morgan fingerprint density at radius 2 is 1.38 bits per heavy atom. The number of ether oxygens (including phenoxy) is 3. The highest BCUT2D eigenvalue weighted by atomic mass is 16.5. The molecule has 176 valence electrons. The topological polar surface area (TPSA) is 53.5 Å². The fourth-order valence-corrected chi connectivity index (χ4v) is 3.12. The van der Waals surface area contributed by atoms with Crippen LogP contribution in [0.5, 0.6) is 11.5 Å². The highest BCUT2D eigenvalue weighted by Crippen LogP contribution is 2.20. The van der Waals surface area contributed by atoms with E-state index >= 15 is 0 Å². The van der Waals surface area contributed by atoms with Crippen LogP contribution in [0.1, 0.15) is 71.6 Å². The maximum Gasteiger partial charge on any atom is 0.159 e. The van der Waals surface area contributed by atoms with E-state index in [9.17, 15) is 0 Å². The van der Waals surface area contributed by atoms with Gasteiger partial charge in [-0.25, -0.2) is 9.97 Å². The number of nitrogens with zero attached hydrogens (tertiary/aromatic N) is 2. The van der Waals surface area contributed by atoms with Gasteiger partial charge in [0.15, 0.2) is 11.6 Å². The van der Waals surface area contributed by atoms with Crippen molar-refractivity contribution >= 4 is 0 Å². The van der Waals surface area contributed by atoms with Crippen LogP contribution in [-0.2, 0) is 4.74 Å². The van der Waals surface area contributed by atoms with Crippen LogP contribution in [0.3, 0.4) is 0 Å². The van der Waals surface area contributed by atoms with Crippen LogP contribution in [-0.4, -0.2) is 36.4 Å². The molecule has 0 unspecified atom stereocenters. The second-order valence-electron chi connectivity index (χ2n) is 7.92. The van der Waals surface area contributed by atoms with Gasteiger partial charge in [-0.05, 0) is 49.9 Å². The number of hydrogen-bond acceptors (Lipinski definition) is 5. The van der Waals surface area contributed by atoms with Gasteiger partial charge >= 0.3 is 0 Å². The standard InChI is InChI=1S/C27H40N2O3/c1-3-5-7-9-11-20-31-25-16-14-24(15-17-25)27-28-22-26(23-29-27)32-21-13-12-19-30-18-10-8-6-4-2/h9,11,14-17,22-23H,3-8,10,12-13,18-21H2,1-2H3/b11-9+. The zero-order chi connectivity index (χ0) is 22.7. The zero-order valence-corrected chi connectivity index (χ0v) is 19.9. The molecule has 0 fully saturated rings. The van der Waals surface area contributed by atoms with Crippen LogP contribution in [0.25, 0.3) is 11.4 Å². The molecule has 0 spiro atoms. The first-order valence-corrected chi connectivity index (χ1v) is 12.2. The third kappa shape index (κ3) is 11.3. The average Bonchev–Trinajstić information content (AvgIpc) is 2.83. The summed E-state index contributed by atoms with van der Waals surface area (Å²) in [5.41, 5.74) is 0.957. The van der Waals surface area contributed by atoms with Crippen molar-refractivity contribution in [1.82, 2.24) is 9.97 Å². The Morgan fingerprint density at radius 1 is 0.688 bits per heavy atom. The molecule has 1 aromatic carbocycles. The van der Waals surface area contributed by atoms with Crippen LogP contribution in [0.15, 0.2) is 48.8 Å². The Kier molecular flexibility index (Phi) is 13.9. The van der Waals surface area contributed by atoms with E-state index in [0.29, 0.717) is 24.8 Å². The molecule has 0 aliphatic heterocycles. The molecular formula is C27H40N2O3. The lowest BCUT2D eigenvalue weighted by molar-refractivity contribution is 0.122. The molecule has 1 aromatic heterocycles. The Hall–Kier alpha value is -2.40. The van der Waals surface area contributed by atoms with Gasteiger partial charge in [-0.3, -0.25) is 0 Å². The molecule has 0 saturated carbocycles. The monoisotopic (exact) mass is 440 g/mol. The van der Waals surface area contributed by atoms with Crippen LogP contribution in [0.2, 0.25) is 0 Å². The molecule has 0 radical (unpaired) electrons. The Bertz CT molecular complexity index is 730. The van der Waals surface area contributed by atoms with Crippen molar-refractivity contribution in [3.63, 3.8) is 0 Å². The molecule has 5 nitrogen and oxygen atoms in total. The molecule has 1 heterocycles. The van der Waals surface area contributed by atoms with Crippen LogP contribution in [0.4, 0.5) is 0 Å². The van der Waals surface area contributed by atoms with E-state index in [0.717, 1.165) is 43.8 Å². The third-order valence-electron chi connectivity index (χ3n) is 5.07. The van der Waals surface area contributed by atoms with Crippen LogP contribution in [0, 0.1) is 0 Å². The Balaban J connectivity index is 1.62. The SMILES string of the molecule is CCCC/C=C/COc1ccc(-c2ncc(OCCCCOCCCCCC)cn2)cc1. The predicted molar refractivity (Wildman–Crippen MR) is 131 cm³/mol. The quantitative estimate of drug-likeness (QED) is 0.184. The summed E-state index contributed by atoms with van der Waals surface area (Å²) in [5.74, 6) is 2.22. The lowest BCUT2D eigenvalue weighted by Gasteiger charge is -2.07. The summed E-state index contributed by atoms with van der Waals surface area (Å²) in [6.45, 7) is 7.35. The molecule has 0 bridgehead atoms. The minimum absolute atomic E-state index is 0.594. The van der Waals surface area contributed by atoms with Gasteiger partial charge in [0, 0.05) is 18.8 Å². The Morgan fingerprint density at radius 3 is 2.09 bits per heavy atom. The van der Waals surface area contributed by atoms with E-state index in [2.05, 4.69) is 36.0 Å². The number of unbranched alkanes of at least 4 members (excludes halogenated alkanes) is 6. The van der Waals surface area contributed by atoms with Crippen LogP contribution >= 0.6 is 0 Å². The molecular weight excluding hydrogens is 400 g/mol. The molecule has 0 aliphatic carbocycles. The molecule has 0 aliphatic rings.